The van der Waals surface area contributed by atoms with Gasteiger partial charge in [0.05, 0.1) is 6.20 Å². The molecule has 2 aromatic heterocycles. The molecule has 1 fully saturated rings. The van der Waals surface area contributed by atoms with E-state index in [1.54, 1.807) is 10.7 Å². The second kappa shape index (κ2) is 17.9. The maximum absolute atomic E-state index is 13.2. The van der Waals surface area contributed by atoms with Crippen LogP contribution in [0.3, 0.4) is 0 Å². The SMILES string of the molecule is O=C(NCc1ccccc1CN1CCN(c2ccccc2)CC1)c1ccnc(C(=O)NCCCn2cc(-c3cccc(NCc4ccccc4)c3)nn2)c1. The van der Waals surface area contributed by atoms with E-state index in [1.807, 2.05) is 60.8 Å². The molecule has 11 nitrogen and oxygen atoms in total. The van der Waals surface area contributed by atoms with Crippen LogP contribution in [0.5, 0.6) is 0 Å². The zero-order chi connectivity index (χ0) is 37.0. The third-order valence-corrected chi connectivity index (χ3v) is 9.59. The van der Waals surface area contributed by atoms with Crippen LogP contribution in [0.2, 0.25) is 0 Å². The normalized spacial score (nSPS) is 13.0. The minimum Gasteiger partial charge on any atom is -0.381 e. The van der Waals surface area contributed by atoms with Crippen molar-refractivity contribution in [2.45, 2.75) is 32.6 Å². The minimum atomic E-state index is -0.332. The Morgan fingerprint density at radius 2 is 1.46 bits per heavy atom. The highest BCUT2D eigenvalue weighted by atomic mass is 16.2. The summed E-state index contributed by atoms with van der Waals surface area (Å²) in [5.41, 5.74) is 8.09. The maximum Gasteiger partial charge on any atom is 0.269 e. The first-order valence-electron chi connectivity index (χ1n) is 18.5. The van der Waals surface area contributed by atoms with Crippen molar-refractivity contribution in [3.8, 4) is 11.3 Å². The van der Waals surface area contributed by atoms with Crippen LogP contribution in [0.25, 0.3) is 11.3 Å². The molecule has 0 aliphatic carbocycles. The van der Waals surface area contributed by atoms with Crippen molar-refractivity contribution in [3.05, 3.63) is 162 Å². The standard InChI is InChI=1S/C43H45N9O2/c53-42(47-30-36-13-7-8-14-37(36)31-50-23-25-51(26-24-50)39-17-5-2-6-18-39)35-19-21-44-40(28-35)43(54)45-20-10-22-52-32-41(48-49-52)34-15-9-16-38(27-34)46-29-33-11-3-1-4-12-33/h1-9,11-19,21,27-28,32,46H,10,20,22-26,29-31H2,(H,45,54)(H,47,53). The van der Waals surface area contributed by atoms with Crippen LogP contribution in [0.4, 0.5) is 11.4 Å². The molecule has 3 heterocycles. The highest BCUT2D eigenvalue weighted by Gasteiger charge is 2.19. The molecule has 54 heavy (non-hydrogen) atoms. The van der Waals surface area contributed by atoms with Gasteiger partial charge in [-0.25, -0.2) is 0 Å². The number of nitrogens with zero attached hydrogens (tertiary/aromatic N) is 6. The summed E-state index contributed by atoms with van der Waals surface area (Å²) in [6, 6.07) is 40.3. The molecule has 0 atom stereocenters. The summed E-state index contributed by atoms with van der Waals surface area (Å²) in [6.07, 6.45) is 4.05. The Balaban J connectivity index is 0.849. The van der Waals surface area contributed by atoms with Gasteiger partial charge in [0, 0.05) is 87.6 Å². The molecule has 2 amide bonds. The highest BCUT2D eigenvalue weighted by Crippen LogP contribution is 2.22. The van der Waals surface area contributed by atoms with Gasteiger partial charge in [0.15, 0.2) is 0 Å². The highest BCUT2D eigenvalue weighted by molar-refractivity contribution is 5.98. The molecule has 6 aromatic rings. The van der Waals surface area contributed by atoms with E-state index < -0.39 is 0 Å². The van der Waals surface area contributed by atoms with Gasteiger partial charge in [0.1, 0.15) is 11.4 Å². The molecule has 1 saturated heterocycles. The van der Waals surface area contributed by atoms with Crippen molar-refractivity contribution in [2.75, 3.05) is 42.9 Å². The van der Waals surface area contributed by atoms with E-state index >= 15 is 0 Å². The van der Waals surface area contributed by atoms with Gasteiger partial charge >= 0.3 is 0 Å². The monoisotopic (exact) mass is 719 g/mol. The Morgan fingerprint density at radius 3 is 2.28 bits per heavy atom. The average Bonchev–Trinajstić information content (AvgIpc) is 3.71. The molecule has 4 aromatic carbocycles. The van der Waals surface area contributed by atoms with Crippen LogP contribution < -0.4 is 20.9 Å². The number of anilines is 2. The van der Waals surface area contributed by atoms with Crippen LogP contribution in [0.15, 0.2) is 134 Å². The van der Waals surface area contributed by atoms with Crippen molar-refractivity contribution in [3.63, 3.8) is 0 Å². The molecule has 3 N–H and O–H groups in total. The van der Waals surface area contributed by atoms with Gasteiger partial charge in [0.25, 0.3) is 11.8 Å². The summed E-state index contributed by atoms with van der Waals surface area (Å²) in [5, 5.41) is 18.1. The zero-order valence-electron chi connectivity index (χ0n) is 30.3. The summed E-state index contributed by atoms with van der Waals surface area (Å²) in [5.74, 6) is -0.585. The lowest BCUT2D eigenvalue weighted by molar-refractivity contribution is 0.0947. The molecule has 1 aliphatic heterocycles. The van der Waals surface area contributed by atoms with Gasteiger partial charge in [-0.15, -0.1) is 5.10 Å². The van der Waals surface area contributed by atoms with Gasteiger partial charge in [-0.2, -0.15) is 0 Å². The number of nitrogens with one attached hydrogen (secondary N) is 3. The zero-order valence-corrected chi connectivity index (χ0v) is 30.3. The van der Waals surface area contributed by atoms with Gasteiger partial charge in [-0.05, 0) is 59.5 Å². The Morgan fingerprint density at radius 1 is 0.704 bits per heavy atom. The van der Waals surface area contributed by atoms with Gasteiger partial charge < -0.3 is 20.9 Å². The Hall–Kier alpha value is -6.33. The van der Waals surface area contributed by atoms with Crippen molar-refractivity contribution in [2.24, 2.45) is 0 Å². The van der Waals surface area contributed by atoms with E-state index in [0.717, 1.165) is 61.8 Å². The molecule has 274 valence electrons. The quantitative estimate of drug-likeness (QED) is 0.110. The fourth-order valence-corrected chi connectivity index (χ4v) is 6.56. The van der Waals surface area contributed by atoms with Crippen molar-refractivity contribution < 1.29 is 9.59 Å². The molecule has 0 bridgehead atoms. The fourth-order valence-electron chi connectivity index (χ4n) is 6.56. The Kier molecular flexibility index (Phi) is 12.0. The first-order chi connectivity index (χ1) is 26.6. The third kappa shape index (κ3) is 9.75. The largest absolute Gasteiger partial charge is 0.381 e. The molecule has 0 unspecified atom stereocenters. The number of hydrogen-bond donors (Lipinski definition) is 3. The van der Waals surface area contributed by atoms with Crippen LogP contribution in [-0.4, -0.2) is 69.4 Å². The Labute approximate surface area is 316 Å². The smallest absolute Gasteiger partial charge is 0.269 e. The summed E-state index contributed by atoms with van der Waals surface area (Å²) < 4.78 is 1.78. The summed E-state index contributed by atoms with van der Waals surface area (Å²) in [7, 11) is 0. The Bertz CT molecular complexity index is 2130. The predicted octanol–water partition coefficient (Wildman–Crippen LogP) is 6.02. The molecular weight excluding hydrogens is 675 g/mol. The second-order valence-electron chi connectivity index (χ2n) is 13.4. The number of para-hydroxylation sites is 1. The number of rotatable bonds is 15. The van der Waals surface area contributed by atoms with E-state index in [9.17, 15) is 9.59 Å². The van der Waals surface area contributed by atoms with Gasteiger partial charge in [0.2, 0.25) is 0 Å². The van der Waals surface area contributed by atoms with Gasteiger partial charge in [-0.1, -0.05) is 90.1 Å². The maximum atomic E-state index is 13.2. The van der Waals surface area contributed by atoms with Crippen molar-refractivity contribution in [1.82, 2.24) is 35.5 Å². The molecule has 0 radical (unpaired) electrons. The van der Waals surface area contributed by atoms with Crippen molar-refractivity contribution in [1.29, 1.82) is 0 Å². The minimum absolute atomic E-state index is 0.196. The second-order valence-corrected chi connectivity index (χ2v) is 13.4. The number of piperazine rings is 1. The lowest BCUT2D eigenvalue weighted by Crippen LogP contribution is -2.46. The van der Waals surface area contributed by atoms with Gasteiger partial charge in [-0.3, -0.25) is 24.2 Å². The van der Waals surface area contributed by atoms with E-state index in [0.29, 0.717) is 31.6 Å². The number of pyridine rings is 1. The first kappa shape index (κ1) is 36.0. The lowest BCUT2D eigenvalue weighted by Gasteiger charge is -2.36. The van der Waals surface area contributed by atoms with Crippen LogP contribution in [-0.2, 0) is 26.2 Å². The molecule has 0 saturated carbocycles. The number of aryl methyl sites for hydroxylation is 1. The number of hydrogen-bond acceptors (Lipinski definition) is 8. The number of aromatic nitrogens is 4. The number of amides is 2. The van der Waals surface area contributed by atoms with E-state index in [2.05, 4.69) is 95.6 Å². The molecular formula is C43H45N9O2. The fraction of sp³-hybridized carbons (Fsp3) is 0.233. The number of benzene rings is 4. The molecule has 0 spiro atoms. The van der Waals surface area contributed by atoms with Crippen LogP contribution >= 0.6 is 0 Å². The van der Waals surface area contributed by atoms with E-state index in [1.165, 1.54) is 29.1 Å². The molecule has 1 aliphatic rings. The predicted molar refractivity (Wildman–Crippen MR) is 212 cm³/mol. The summed E-state index contributed by atoms with van der Waals surface area (Å²) >= 11 is 0. The van der Waals surface area contributed by atoms with Crippen LogP contribution in [0.1, 0.15) is 44.0 Å². The van der Waals surface area contributed by atoms with E-state index in [4.69, 9.17) is 0 Å². The number of carbonyl (C=O) groups is 2. The molecule has 7 rings (SSSR count). The number of carbonyl (C=O) groups excluding carboxylic acids is 2. The lowest BCUT2D eigenvalue weighted by atomic mass is 10.1. The molecule has 11 heteroatoms. The average molecular weight is 720 g/mol. The third-order valence-electron chi connectivity index (χ3n) is 9.59. The van der Waals surface area contributed by atoms with E-state index in [-0.39, 0.29) is 17.5 Å². The summed E-state index contributed by atoms with van der Waals surface area (Å²) in [6.45, 7) is 6.87. The first-order valence-corrected chi connectivity index (χ1v) is 18.5. The summed E-state index contributed by atoms with van der Waals surface area (Å²) in [4.78, 5) is 35.3. The van der Waals surface area contributed by atoms with Crippen LogP contribution in [0, 0.1) is 0 Å². The topological polar surface area (TPSA) is 120 Å². The van der Waals surface area contributed by atoms with Crippen molar-refractivity contribution >= 4 is 23.2 Å².